The van der Waals surface area contributed by atoms with Crippen LogP contribution in [0.25, 0.3) is 11.4 Å². The highest BCUT2D eigenvalue weighted by Crippen LogP contribution is 2.21. The maximum Gasteiger partial charge on any atom is 0.242 e. The molecule has 1 N–H and O–H groups in total. The van der Waals surface area contributed by atoms with Crippen LogP contribution in [0, 0.1) is 0 Å². The molecule has 8 heteroatoms. The second kappa shape index (κ2) is 6.36. The molecule has 0 saturated carbocycles. The van der Waals surface area contributed by atoms with Crippen LogP contribution in [0.3, 0.4) is 0 Å². The Kier molecular flexibility index (Phi) is 4.89. The standard InChI is InChI=1S/C14H17ClN2O4S/c1-14(2,18)6-7-22(19,20)9-12-16-13(17-21-12)10-4-3-5-11(15)8-10/h3-5,8,18H,6-7,9H2,1-2H3. The molecule has 0 aliphatic rings. The van der Waals surface area contributed by atoms with Crippen LogP contribution in [-0.2, 0) is 15.6 Å². The molecule has 0 saturated heterocycles. The molecule has 2 aromatic rings. The third kappa shape index (κ3) is 5.08. The number of hydrogen-bond acceptors (Lipinski definition) is 6. The van der Waals surface area contributed by atoms with E-state index >= 15 is 0 Å². The molecule has 0 aliphatic carbocycles. The predicted octanol–water partition coefficient (Wildman–Crippen LogP) is 2.47. The van der Waals surface area contributed by atoms with Crippen LogP contribution in [0.1, 0.15) is 26.2 Å². The van der Waals surface area contributed by atoms with Gasteiger partial charge in [0, 0.05) is 10.6 Å². The fourth-order valence-corrected chi connectivity index (χ4v) is 3.36. The van der Waals surface area contributed by atoms with Crippen molar-refractivity contribution < 1.29 is 18.0 Å². The minimum Gasteiger partial charge on any atom is -0.390 e. The van der Waals surface area contributed by atoms with Crippen molar-refractivity contribution in [3.05, 3.63) is 35.2 Å². The smallest absolute Gasteiger partial charge is 0.242 e. The zero-order valence-electron chi connectivity index (χ0n) is 12.3. The van der Waals surface area contributed by atoms with E-state index < -0.39 is 15.4 Å². The molecule has 2 rings (SSSR count). The van der Waals surface area contributed by atoms with Crippen LogP contribution in [0.4, 0.5) is 0 Å². The van der Waals surface area contributed by atoms with Crippen molar-refractivity contribution in [2.75, 3.05) is 5.75 Å². The highest BCUT2D eigenvalue weighted by Gasteiger charge is 2.22. The molecule has 0 amide bonds. The monoisotopic (exact) mass is 344 g/mol. The Morgan fingerprint density at radius 3 is 2.73 bits per heavy atom. The quantitative estimate of drug-likeness (QED) is 0.865. The summed E-state index contributed by atoms with van der Waals surface area (Å²) >= 11 is 5.89. The number of hydrogen-bond donors (Lipinski definition) is 1. The van der Waals surface area contributed by atoms with E-state index in [0.717, 1.165) is 0 Å². The zero-order chi connectivity index (χ0) is 16.4. The fourth-order valence-electron chi connectivity index (χ4n) is 1.72. The molecule has 1 heterocycles. The number of benzene rings is 1. The van der Waals surface area contributed by atoms with Gasteiger partial charge in [0.05, 0.1) is 11.4 Å². The Hall–Kier alpha value is -1.44. The summed E-state index contributed by atoms with van der Waals surface area (Å²) in [6, 6.07) is 6.88. The fraction of sp³-hybridized carbons (Fsp3) is 0.429. The first-order valence-corrected chi connectivity index (χ1v) is 8.86. The second-order valence-corrected chi connectivity index (χ2v) is 8.30. The minimum atomic E-state index is -3.43. The Labute approximate surface area is 134 Å². The lowest BCUT2D eigenvalue weighted by molar-refractivity contribution is 0.0772. The van der Waals surface area contributed by atoms with Gasteiger partial charge in [-0.3, -0.25) is 0 Å². The molecular formula is C14H17ClN2O4S. The van der Waals surface area contributed by atoms with E-state index in [4.69, 9.17) is 16.1 Å². The van der Waals surface area contributed by atoms with E-state index in [0.29, 0.717) is 10.6 Å². The van der Waals surface area contributed by atoms with Crippen LogP contribution >= 0.6 is 11.6 Å². The maximum atomic E-state index is 12.0. The van der Waals surface area contributed by atoms with E-state index in [9.17, 15) is 13.5 Å². The molecule has 0 radical (unpaired) electrons. The van der Waals surface area contributed by atoms with Gasteiger partial charge in [-0.25, -0.2) is 8.42 Å². The highest BCUT2D eigenvalue weighted by atomic mass is 35.5. The van der Waals surface area contributed by atoms with E-state index in [1.807, 2.05) is 0 Å². The third-order valence-electron chi connectivity index (χ3n) is 2.92. The number of halogens is 1. The summed E-state index contributed by atoms with van der Waals surface area (Å²) in [5.41, 5.74) is -0.384. The summed E-state index contributed by atoms with van der Waals surface area (Å²) in [6.07, 6.45) is 0.143. The van der Waals surface area contributed by atoms with Crippen molar-refractivity contribution >= 4 is 21.4 Å². The second-order valence-electron chi connectivity index (χ2n) is 5.68. The van der Waals surface area contributed by atoms with Crippen molar-refractivity contribution in [2.45, 2.75) is 31.6 Å². The van der Waals surface area contributed by atoms with Gasteiger partial charge in [-0.2, -0.15) is 4.98 Å². The van der Waals surface area contributed by atoms with Gasteiger partial charge in [0.2, 0.25) is 11.7 Å². The predicted molar refractivity (Wildman–Crippen MR) is 83.1 cm³/mol. The molecule has 0 atom stereocenters. The lowest BCUT2D eigenvalue weighted by Gasteiger charge is -2.15. The number of aromatic nitrogens is 2. The molecule has 6 nitrogen and oxygen atoms in total. The first-order valence-electron chi connectivity index (χ1n) is 6.66. The van der Waals surface area contributed by atoms with Crippen molar-refractivity contribution in [1.29, 1.82) is 0 Å². The summed E-state index contributed by atoms with van der Waals surface area (Å²) in [7, 11) is -3.43. The molecular weight excluding hydrogens is 328 g/mol. The Balaban J connectivity index is 2.09. The van der Waals surface area contributed by atoms with Crippen LogP contribution in [0.2, 0.25) is 5.02 Å². The summed E-state index contributed by atoms with van der Waals surface area (Å²) in [5.74, 6) is -0.192. The van der Waals surface area contributed by atoms with Gasteiger partial charge in [-0.05, 0) is 32.4 Å². The van der Waals surface area contributed by atoms with Crippen LogP contribution in [0.15, 0.2) is 28.8 Å². The topological polar surface area (TPSA) is 93.3 Å². The van der Waals surface area contributed by atoms with E-state index in [2.05, 4.69) is 10.1 Å². The van der Waals surface area contributed by atoms with Crippen LogP contribution < -0.4 is 0 Å². The number of rotatable bonds is 6. The van der Waals surface area contributed by atoms with Crippen molar-refractivity contribution in [1.82, 2.24) is 10.1 Å². The van der Waals surface area contributed by atoms with Crippen LogP contribution in [-0.4, -0.2) is 35.0 Å². The molecule has 0 bridgehead atoms. The average Bonchev–Trinajstić information content (AvgIpc) is 2.84. The van der Waals surface area contributed by atoms with Gasteiger partial charge in [0.1, 0.15) is 5.75 Å². The van der Waals surface area contributed by atoms with Crippen LogP contribution in [0.5, 0.6) is 0 Å². The first kappa shape index (κ1) is 16.9. The van der Waals surface area contributed by atoms with Gasteiger partial charge in [0.15, 0.2) is 9.84 Å². The Morgan fingerprint density at radius 1 is 1.36 bits per heavy atom. The lowest BCUT2D eigenvalue weighted by atomic mass is 10.1. The summed E-state index contributed by atoms with van der Waals surface area (Å²) in [6.45, 7) is 3.12. The molecule has 0 unspecified atom stereocenters. The molecule has 22 heavy (non-hydrogen) atoms. The summed E-state index contributed by atoms with van der Waals surface area (Å²) in [4.78, 5) is 4.07. The van der Waals surface area contributed by atoms with Gasteiger partial charge in [-0.15, -0.1) is 0 Å². The number of sulfone groups is 1. The highest BCUT2D eigenvalue weighted by molar-refractivity contribution is 7.90. The van der Waals surface area contributed by atoms with Gasteiger partial charge >= 0.3 is 0 Å². The zero-order valence-corrected chi connectivity index (χ0v) is 13.9. The number of nitrogens with zero attached hydrogens (tertiary/aromatic N) is 2. The van der Waals surface area contributed by atoms with Crippen molar-refractivity contribution in [2.24, 2.45) is 0 Å². The Bertz CT molecular complexity index is 750. The molecule has 0 aliphatic heterocycles. The normalized spacial score (nSPS) is 12.5. The molecule has 0 fully saturated rings. The van der Waals surface area contributed by atoms with Crippen molar-refractivity contribution in [3.8, 4) is 11.4 Å². The first-order chi connectivity index (χ1) is 10.1. The molecule has 0 spiro atoms. The molecule has 120 valence electrons. The molecule has 1 aromatic heterocycles. The van der Waals surface area contributed by atoms with E-state index in [-0.39, 0.29) is 29.6 Å². The average molecular weight is 345 g/mol. The third-order valence-corrected chi connectivity index (χ3v) is 4.67. The largest absolute Gasteiger partial charge is 0.390 e. The molecule has 1 aromatic carbocycles. The maximum absolute atomic E-state index is 12.0. The van der Waals surface area contributed by atoms with Crippen molar-refractivity contribution in [3.63, 3.8) is 0 Å². The van der Waals surface area contributed by atoms with E-state index in [1.165, 1.54) is 0 Å². The van der Waals surface area contributed by atoms with Gasteiger partial charge < -0.3 is 9.63 Å². The summed E-state index contributed by atoms with van der Waals surface area (Å²) in [5, 5.41) is 13.9. The van der Waals surface area contributed by atoms with Gasteiger partial charge in [-0.1, -0.05) is 28.9 Å². The Morgan fingerprint density at radius 2 is 2.09 bits per heavy atom. The SMILES string of the molecule is CC(C)(O)CCS(=O)(=O)Cc1nc(-c2cccc(Cl)c2)no1. The summed E-state index contributed by atoms with van der Waals surface area (Å²) < 4.78 is 29.0. The lowest BCUT2D eigenvalue weighted by Crippen LogP contribution is -2.24. The minimum absolute atomic E-state index is 0.0192. The van der Waals surface area contributed by atoms with E-state index in [1.54, 1.807) is 38.1 Å². The van der Waals surface area contributed by atoms with Gasteiger partial charge in [0.25, 0.3) is 0 Å². The number of aliphatic hydroxyl groups is 1.